The molecule has 0 aliphatic carbocycles. The standard InChI is InChI=1S/Ca.H3O3PS.2H/c;1-4(2,3)5;;/h;(H3,1,2,3,5);;. The number of hydrogen-bond donors (Lipinski definition) is 3. The molecule has 0 radical (unpaired) electrons. The van der Waals surface area contributed by atoms with Gasteiger partial charge in [0.2, 0.25) is 0 Å². The average Bonchev–Trinajstić information content (AvgIpc) is 0.722. The van der Waals surface area contributed by atoms with E-state index in [0.717, 1.165) is 0 Å². The molecule has 0 aromatic heterocycles. The second kappa shape index (κ2) is 3.75. The number of hydrogen-bond acceptors (Lipinski definition) is 1. The molecule has 0 unspecified atom stereocenters. The van der Waals surface area contributed by atoms with E-state index >= 15 is 0 Å². The summed E-state index contributed by atoms with van der Waals surface area (Å²) >= 11 is 3.60. The summed E-state index contributed by atoms with van der Waals surface area (Å²) in [5, 5.41) is 0. The van der Waals surface area contributed by atoms with E-state index in [0.29, 0.717) is 0 Å². The Kier molecular flexibility index (Phi) is 6.70. The molecule has 0 fully saturated rings. The van der Waals surface area contributed by atoms with Crippen molar-refractivity contribution in [2.45, 2.75) is 0 Å². The zero-order valence-corrected chi connectivity index (χ0v) is 3.91. The fourth-order valence-corrected chi connectivity index (χ4v) is 0. The fourth-order valence-electron chi connectivity index (χ4n) is 0. The molecule has 3 nitrogen and oxygen atoms in total. The molecule has 0 saturated heterocycles. The first-order valence-corrected chi connectivity index (χ1v) is 3.44. The molecule has 6 heavy (non-hydrogen) atoms. The van der Waals surface area contributed by atoms with Crippen molar-refractivity contribution < 1.29 is 14.7 Å². The van der Waals surface area contributed by atoms with Crippen LogP contribution in [-0.4, -0.2) is 52.4 Å². The minimum absolute atomic E-state index is 0. The normalized spacial score (nSPS) is 9.83. The Balaban J connectivity index is 0. The zero-order valence-electron chi connectivity index (χ0n) is 2.20. The molecule has 0 bridgehead atoms. The van der Waals surface area contributed by atoms with Crippen molar-refractivity contribution in [3.8, 4) is 0 Å². The molecular formula is H5CaO3PS. The van der Waals surface area contributed by atoms with Gasteiger partial charge in [-0.15, -0.1) is 0 Å². The summed E-state index contributed by atoms with van der Waals surface area (Å²) in [7, 11) is 0. The fraction of sp³-hybridized carbons (Fsp3) is 0. The van der Waals surface area contributed by atoms with Crippen molar-refractivity contribution in [2.75, 3.05) is 0 Å². The molecule has 3 N–H and O–H groups in total. The maximum atomic E-state index is 7.56. The molecular weight excluding hydrogens is 151 g/mol. The average molecular weight is 156 g/mol. The topological polar surface area (TPSA) is 60.7 Å². The number of rotatable bonds is 0. The zero-order chi connectivity index (χ0) is 4.50. The van der Waals surface area contributed by atoms with Crippen LogP contribution in [-0.2, 0) is 11.8 Å². The summed E-state index contributed by atoms with van der Waals surface area (Å²) in [6.07, 6.45) is 0. The van der Waals surface area contributed by atoms with Gasteiger partial charge in [-0.05, 0) is 11.8 Å². The van der Waals surface area contributed by atoms with Gasteiger partial charge in [0.05, 0.1) is 0 Å². The first-order chi connectivity index (χ1) is 2.00. The van der Waals surface area contributed by atoms with Crippen molar-refractivity contribution in [3.63, 3.8) is 0 Å². The monoisotopic (exact) mass is 156 g/mol. The molecule has 0 amide bonds. The van der Waals surface area contributed by atoms with Gasteiger partial charge in [0, 0.05) is 0 Å². The molecule has 0 atom stereocenters. The van der Waals surface area contributed by atoms with Gasteiger partial charge in [0.1, 0.15) is 0 Å². The second-order valence-electron chi connectivity index (χ2n) is 0.513. The molecule has 0 aliphatic rings. The molecule has 0 aliphatic heterocycles. The predicted molar refractivity (Wildman–Crippen MR) is 29.5 cm³/mol. The van der Waals surface area contributed by atoms with Crippen LogP contribution in [0.15, 0.2) is 0 Å². The third-order valence-electron chi connectivity index (χ3n) is 0. The summed E-state index contributed by atoms with van der Waals surface area (Å²) in [6, 6.07) is 0. The van der Waals surface area contributed by atoms with Gasteiger partial charge in [-0.3, -0.25) is 0 Å². The van der Waals surface area contributed by atoms with E-state index in [4.69, 9.17) is 14.7 Å². The third kappa shape index (κ3) is 41.5. The van der Waals surface area contributed by atoms with E-state index < -0.39 is 6.72 Å². The van der Waals surface area contributed by atoms with Crippen LogP contribution < -0.4 is 0 Å². The van der Waals surface area contributed by atoms with Crippen molar-refractivity contribution in [3.05, 3.63) is 0 Å². The van der Waals surface area contributed by atoms with Gasteiger partial charge in [-0.25, -0.2) is 0 Å². The van der Waals surface area contributed by atoms with Crippen LogP contribution in [0.25, 0.3) is 0 Å². The van der Waals surface area contributed by atoms with E-state index in [-0.39, 0.29) is 37.7 Å². The quantitative estimate of drug-likeness (QED) is 0.288. The van der Waals surface area contributed by atoms with Crippen molar-refractivity contribution in [1.29, 1.82) is 0 Å². The maximum absolute atomic E-state index is 7.56. The van der Waals surface area contributed by atoms with Crippen LogP contribution in [0.5, 0.6) is 0 Å². The second-order valence-corrected chi connectivity index (χ2v) is 3.01. The molecule has 0 rings (SSSR count). The van der Waals surface area contributed by atoms with Crippen molar-refractivity contribution in [2.24, 2.45) is 0 Å². The summed E-state index contributed by atoms with van der Waals surface area (Å²) in [5.74, 6) is 0. The third-order valence-corrected chi connectivity index (χ3v) is 0. The van der Waals surface area contributed by atoms with Crippen LogP contribution in [0, 0.1) is 0 Å². The summed E-state index contributed by atoms with van der Waals surface area (Å²) in [6.45, 7) is -3.81. The molecule has 36 valence electrons. The Bertz CT molecular complexity index is 56.9. The van der Waals surface area contributed by atoms with E-state index in [2.05, 4.69) is 11.8 Å². The molecule has 0 aromatic carbocycles. The first kappa shape index (κ1) is 10.7. The van der Waals surface area contributed by atoms with E-state index in [9.17, 15) is 0 Å². The Morgan fingerprint density at radius 3 is 1.17 bits per heavy atom. The summed E-state index contributed by atoms with van der Waals surface area (Å²) in [5.41, 5.74) is 0. The van der Waals surface area contributed by atoms with E-state index in [1.165, 1.54) is 0 Å². The van der Waals surface area contributed by atoms with Gasteiger partial charge < -0.3 is 14.7 Å². The SMILES string of the molecule is OP(O)(O)=S.[CaH2]. The predicted octanol–water partition coefficient (Wildman–Crippen LogP) is -1.73. The van der Waals surface area contributed by atoms with Crippen LogP contribution >= 0.6 is 6.72 Å². The molecule has 0 spiro atoms. The van der Waals surface area contributed by atoms with Crippen LogP contribution in [0.1, 0.15) is 0 Å². The summed E-state index contributed by atoms with van der Waals surface area (Å²) < 4.78 is 0. The summed E-state index contributed by atoms with van der Waals surface area (Å²) in [4.78, 5) is 22.7. The Morgan fingerprint density at radius 1 is 1.17 bits per heavy atom. The van der Waals surface area contributed by atoms with E-state index in [1.54, 1.807) is 0 Å². The van der Waals surface area contributed by atoms with Gasteiger partial charge in [0.25, 0.3) is 0 Å². The van der Waals surface area contributed by atoms with Crippen LogP contribution in [0.2, 0.25) is 0 Å². The van der Waals surface area contributed by atoms with Crippen LogP contribution in [0.4, 0.5) is 0 Å². The molecule has 6 heteroatoms. The Hall–Kier alpha value is 1.79. The first-order valence-electron chi connectivity index (χ1n) is 0.783. The Labute approximate surface area is 70.3 Å². The minimum atomic E-state index is -3.81. The van der Waals surface area contributed by atoms with Gasteiger partial charge in [-0.2, -0.15) is 0 Å². The molecule has 0 aromatic rings. The van der Waals surface area contributed by atoms with Crippen molar-refractivity contribution in [1.82, 2.24) is 0 Å². The van der Waals surface area contributed by atoms with Crippen LogP contribution in [0.3, 0.4) is 0 Å². The molecule has 0 heterocycles. The van der Waals surface area contributed by atoms with Crippen molar-refractivity contribution >= 4 is 56.3 Å². The Morgan fingerprint density at radius 2 is 1.17 bits per heavy atom. The van der Waals surface area contributed by atoms with Gasteiger partial charge >= 0.3 is 44.5 Å². The van der Waals surface area contributed by atoms with E-state index in [1.807, 2.05) is 0 Å². The van der Waals surface area contributed by atoms with Gasteiger partial charge in [-0.1, -0.05) is 0 Å². The molecule has 0 saturated carbocycles. The van der Waals surface area contributed by atoms with Gasteiger partial charge in [0.15, 0.2) is 0 Å².